The summed E-state index contributed by atoms with van der Waals surface area (Å²) in [6.07, 6.45) is 6.22. The molecule has 0 spiro atoms. The summed E-state index contributed by atoms with van der Waals surface area (Å²) in [5.41, 5.74) is 5.35. The fourth-order valence-corrected chi connectivity index (χ4v) is 1.37. The van der Waals surface area contributed by atoms with E-state index in [2.05, 4.69) is 0 Å². The number of hydrogen-bond donors (Lipinski definition) is 1. The van der Waals surface area contributed by atoms with Gasteiger partial charge in [0.15, 0.2) is 0 Å². The summed E-state index contributed by atoms with van der Waals surface area (Å²) >= 11 is 0. The third-order valence-corrected chi connectivity index (χ3v) is 2.55. The largest absolute Gasteiger partial charge is 0.465 e. The number of allylic oxidation sites excluding steroid dienone is 2. The lowest BCUT2D eigenvalue weighted by Gasteiger charge is -2.26. The Morgan fingerprint density at radius 3 is 2.65 bits per heavy atom. The fourth-order valence-electron chi connectivity index (χ4n) is 1.37. The standard InChI is InChI=1S/C13H25NO3/c1-4-5-6-7-8-12(15)17-11-13(2,9-14)10-16-3/h4-5H,6-11,14H2,1-3H3/b5-4-. The van der Waals surface area contributed by atoms with Crippen LogP contribution in [-0.2, 0) is 14.3 Å². The lowest BCUT2D eigenvalue weighted by molar-refractivity contribution is -0.148. The first-order valence-corrected chi connectivity index (χ1v) is 6.04. The van der Waals surface area contributed by atoms with E-state index in [0.29, 0.717) is 26.2 Å². The number of carbonyl (C=O) groups is 1. The van der Waals surface area contributed by atoms with Crippen LogP contribution >= 0.6 is 0 Å². The Labute approximate surface area is 104 Å². The Morgan fingerprint density at radius 1 is 1.41 bits per heavy atom. The number of methoxy groups -OCH3 is 1. The maximum absolute atomic E-state index is 11.4. The van der Waals surface area contributed by atoms with Crippen molar-refractivity contribution in [1.29, 1.82) is 0 Å². The Morgan fingerprint density at radius 2 is 2.12 bits per heavy atom. The van der Waals surface area contributed by atoms with Gasteiger partial charge in [0.25, 0.3) is 0 Å². The molecule has 0 aliphatic rings. The van der Waals surface area contributed by atoms with Crippen molar-refractivity contribution in [2.75, 3.05) is 26.9 Å². The number of nitrogens with two attached hydrogens (primary N) is 1. The van der Waals surface area contributed by atoms with Crippen LogP contribution in [0.1, 0.15) is 33.1 Å². The number of rotatable bonds is 9. The summed E-state index contributed by atoms with van der Waals surface area (Å²) in [4.78, 5) is 11.4. The Balaban J connectivity index is 3.81. The number of carbonyl (C=O) groups excluding carboxylic acids is 1. The average Bonchev–Trinajstić information content (AvgIpc) is 2.32. The van der Waals surface area contributed by atoms with Crippen molar-refractivity contribution in [1.82, 2.24) is 0 Å². The molecule has 4 nitrogen and oxygen atoms in total. The molecule has 1 atom stereocenters. The summed E-state index contributed by atoms with van der Waals surface area (Å²) in [7, 11) is 1.62. The number of esters is 1. The zero-order chi connectivity index (χ0) is 13.1. The molecule has 0 aromatic carbocycles. The third kappa shape index (κ3) is 7.94. The van der Waals surface area contributed by atoms with Crippen molar-refractivity contribution < 1.29 is 14.3 Å². The van der Waals surface area contributed by atoms with Gasteiger partial charge in [-0.25, -0.2) is 0 Å². The predicted octanol–water partition coefficient (Wildman–Crippen LogP) is 1.89. The van der Waals surface area contributed by atoms with Gasteiger partial charge in [0.2, 0.25) is 0 Å². The number of hydrogen-bond acceptors (Lipinski definition) is 4. The van der Waals surface area contributed by atoms with E-state index in [4.69, 9.17) is 15.2 Å². The Bertz CT molecular complexity index is 241. The molecular formula is C13H25NO3. The summed E-state index contributed by atoms with van der Waals surface area (Å²) in [5.74, 6) is -0.162. The van der Waals surface area contributed by atoms with Gasteiger partial charge in [-0.2, -0.15) is 0 Å². The zero-order valence-corrected chi connectivity index (χ0v) is 11.2. The van der Waals surface area contributed by atoms with Crippen LogP contribution in [0.15, 0.2) is 12.2 Å². The van der Waals surface area contributed by atoms with Crippen molar-refractivity contribution in [3.63, 3.8) is 0 Å². The molecule has 0 aromatic heterocycles. The van der Waals surface area contributed by atoms with E-state index in [9.17, 15) is 4.79 Å². The number of unbranched alkanes of at least 4 members (excludes halogenated alkanes) is 1. The van der Waals surface area contributed by atoms with Gasteiger partial charge >= 0.3 is 5.97 Å². The van der Waals surface area contributed by atoms with E-state index in [1.54, 1.807) is 7.11 Å². The summed E-state index contributed by atoms with van der Waals surface area (Å²) < 4.78 is 10.3. The van der Waals surface area contributed by atoms with Gasteiger partial charge < -0.3 is 15.2 Å². The van der Waals surface area contributed by atoms with Crippen LogP contribution in [-0.4, -0.2) is 32.8 Å². The van der Waals surface area contributed by atoms with Crippen molar-refractivity contribution in [2.45, 2.75) is 33.1 Å². The van der Waals surface area contributed by atoms with Gasteiger partial charge in [0.05, 0.1) is 6.61 Å². The van der Waals surface area contributed by atoms with E-state index >= 15 is 0 Å². The van der Waals surface area contributed by atoms with E-state index in [0.717, 1.165) is 12.8 Å². The van der Waals surface area contributed by atoms with Gasteiger partial charge in [0, 0.05) is 25.5 Å². The SMILES string of the molecule is C/C=C\CCCC(=O)OCC(C)(CN)COC. The second kappa shape index (κ2) is 9.19. The molecule has 1 unspecified atom stereocenters. The summed E-state index contributed by atoms with van der Waals surface area (Å²) in [6, 6.07) is 0. The second-order valence-electron chi connectivity index (χ2n) is 4.57. The molecule has 0 rings (SSSR count). The minimum Gasteiger partial charge on any atom is -0.465 e. The molecule has 0 bridgehead atoms. The van der Waals surface area contributed by atoms with E-state index in [1.807, 2.05) is 26.0 Å². The minimum atomic E-state index is -0.284. The minimum absolute atomic E-state index is 0.162. The van der Waals surface area contributed by atoms with Crippen LogP contribution in [0.2, 0.25) is 0 Å². The topological polar surface area (TPSA) is 61.5 Å². The quantitative estimate of drug-likeness (QED) is 0.381. The highest BCUT2D eigenvalue weighted by atomic mass is 16.5. The van der Waals surface area contributed by atoms with Gasteiger partial charge in [0.1, 0.15) is 6.61 Å². The molecule has 17 heavy (non-hydrogen) atoms. The normalized spacial score (nSPS) is 14.8. The lowest BCUT2D eigenvalue weighted by atomic mass is 9.93. The first-order valence-electron chi connectivity index (χ1n) is 6.04. The highest BCUT2D eigenvalue weighted by molar-refractivity contribution is 5.69. The van der Waals surface area contributed by atoms with E-state index in [-0.39, 0.29) is 11.4 Å². The highest BCUT2D eigenvalue weighted by Gasteiger charge is 2.24. The van der Waals surface area contributed by atoms with Crippen LogP contribution in [0.25, 0.3) is 0 Å². The smallest absolute Gasteiger partial charge is 0.305 e. The van der Waals surface area contributed by atoms with Gasteiger partial charge in [-0.1, -0.05) is 19.1 Å². The van der Waals surface area contributed by atoms with Gasteiger partial charge in [-0.15, -0.1) is 0 Å². The first kappa shape index (κ1) is 16.1. The van der Waals surface area contributed by atoms with E-state index in [1.165, 1.54) is 0 Å². The molecule has 2 N–H and O–H groups in total. The predicted molar refractivity (Wildman–Crippen MR) is 68.7 cm³/mol. The van der Waals surface area contributed by atoms with E-state index < -0.39 is 0 Å². The van der Waals surface area contributed by atoms with Crippen molar-refractivity contribution >= 4 is 5.97 Å². The lowest BCUT2D eigenvalue weighted by Crippen LogP contribution is -2.37. The first-order chi connectivity index (χ1) is 8.08. The third-order valence-electron chi connectivity index (χ3n) is 2.55. The van der Waals surface area contributed by atoms with Crippen LogP contribution in [0.3, 0.4) is 0 Å². The molecule has 0 saturated heterocycles. The summed E-state index contributed by atoms with van der Waals surface area (Å²) in [5, 5.41) is 0. The van der Waals surface area contributed by atoms with Crippen molar-refractivity contribution in [2.24, 2.45) is 11.1 Å². The molecule has 0 aliphatic heterocycles. The monoisotopic (exact) mass is 243 g/mol. The average molecular weight is 243 g/mol. The van der Waals surface area contributed by atoms with Gasteiger partial charge in [-0.3, -0.25) is 4.79 Å². The van der Waals surface area contributed by atoms with Crippen molar-refractivity contribution in [3.05, 3.63) is 12.2 Å². The maximum Gasteiger partial charge on any atom is 0.305 e. The van der Waals surface area contributed by atoms with Crippen LogP contribution in [0.4, 0.5) is 0 Å². The highest BCUT2D eigenvalue weighted by Crippen LogP contribution is 2.15. The Kier molecular flexibility index (Phi) is 8.72. The summed E-state index contributed by atoms with van der Waals surface area (Å²) in [6.45, 7) is 5.17. The molecule has 4 heteroatoms. The van der Waals surface area contributed by atoms with Crippen LogP contribution in [0.5, 0.6) is 0 Å². The molecule has 0 radical (unpaired) electrons. The molecule has 0 aromatic rings. The molecular weight excluding hydrogens is 218 g/mol. The number of ether oxygens (including phenoxy) is 2. The molecule has 0 amide bonds. The second-order valence-corrected chi connectivity index (χ2v) is 4.57. The molecule has 100 valence electrons. The fraction of sp³-hybridized carbons (Fsp3) is 0.769. The maximum atomic E-state index is 11.4. The zero-order valence-electron chi connectivity index (χ0n) is 11.2. The van der Waals surface area contributed by atoms with Crippen molar-refractivity contribution in [3.8, 4) is 0 Å². The van der Waals surface area contributed by atoms with Gasteiger partial charge in [-0.05, 0) is 19.8 Å². The molecule has 0 saturated carbocycles. The van der Waals surface area contributed by atoms with Crippen LogP contribution < -0.4 is 5.73 Å². The molecule has 0 heterocycles. The molecule has 0 fully saturated rings. The molecule has 0 aliphatic carbocycles. The Hall–Kier alpha value is -0.870. The van der Waals surface area contributed by atoms with Crippen LogP contribution in [0, 0.1) is 5.41 Å².